The van der Waals surface area contributed by atoms with E-state index in [0.29, 0.717) is 6.61 Å². The number of aliphatic hydroxyl groups is 1. The summed E-state index contributed by atoms with van der Waals surface area (Å²) in [4.78, 5) is 4.05. The van der Waals surface area contributed by atoms with Crippen molar-refractivity contribution in [3.63, 3.8) is 0 Å². The summed E-state index contributed by atoms with van der Waals surface area (Å²) in [5.41, 5.74) is 0.842. The SMILES string of the molecule is CCCCC(O)c1cncc(OCC)c1. The first-order chi connectivity index (χ1) is 7.27. The Labute approximate surface area is 91.1 Å². The quantitative estimate of drug-likeness (QED) is 0.783. The molecule has 1 rings (SSSR count). The summed E-state index contributed by atoms with van der Waals surface area (Å²) < 4.78 is 5.33. The van der Waals surface area contributed by atoms with E-state index in [9.17, 15) is 5.11 Å². The van der Waals surface area contributed by atoms with Crippen molar-refractivity contribution in [2.75, 3.05) is 6.61 Å². The van der Waals surface area contributed by atoms with E-state index < -0.39 is 6.10 Å². The van der Waals surface area contributed by atoms with E-state index in [0.717, 1.165) is 30.6 Å². The molecule has 0 spiro atoms. The lowest BCUT2D eigenvalue weighted by molar-refractivity contribution is 0.163. The molecule has 0 saturated carbocycles. The summed E-state index contributed by atoms with van der Waals surface area (Å²) in [6.45, 7) is 4.66. The standard InChI is InChI=1S/C12H19NO2/c1-3-5-6-12(14)10-7-11(15-4-2)9-13-8-10/h7-9,12,14H,3-6H2,1-2H3. The van der Waals surface area contributed by atoms with Crippen LogP contribution in [0.25, 0.3) is 0 Å². The lowest BCUT2D eigenvalue weighted by atomic mass is 10.1. The molecule has 1 N–H and O–H groups in total. The number of hydrogen-bond donors (Lipinski definition) is 1. The van der Waals surface area contributed by atoms with Crippen LogP contribution in [0.5, 0.6) is 5.75 Å². The van der Waals surface area contributed by atoms with Crippen molar-refractivity contribution in [1.29, 1.82) is 0 Å². The molecule has 0 bridgehead atoms. The molecule has 0 amide bonds. The maximum Gasteiger partial charge on any atom is 0.137 e. The highest BCUT2D eigenvalue weighted by Gasteiger charge is 2.08. The highest BCUT2D eigenvalue weighted by Crippen LogP contribution is 2.21. The van der Waals surface area contributed by atoms with Gasteiger partial charge in [0.1, 0.15) is 5.75 Å². The van der Waals surface area contributed by atoms with Crippen LogP contribution in [0.15, 0.2) is 18.5 Å². The summed E-state index contributed by atoms with van der Waals surface area (Å²) in [6, 6.07) is 1.86. The third-order valence-corrected chi connectivity index (χ3v) is 2.26. The molecule has 1 unspecified atom stereocenters. The Hall–Kier alpha value is -1.09. The highest BCUT2D eigenvalue weighted by atomic mass is 16.5. The molecule has 0 aromatic carbocycles. The molecule has 1 aromatic rings. The maximum atomic E-state index is 9.85. The molecule has 0 radical (unpaired) electrons. The average Bonchev–Trinajstić information content (AvgIpc) is 2.27. The molecule has 0 fully saturated rings. The number of aromatic nitrogens is 1. The van der Waals surface area contributed by atoms with Gasteiger partial charge in [-0.25, -0.2) is 0 Å². The van der Waals surface area contributed by atoms with Crippen LogP contribution in [-0.2, 0) is 0 Å². The normalized spacial score (nSPS) is 12.5. The van der Waals surface area contributed by atoms with Crippen LogP contribution in [-0.4, -0.2) is 16.7 Å². The van der Waals surface area contributed by atoms with Crippen molar-refractivity contribution >= 4 is 0 Å². The number of aliphatic hydroxyl groups excluding tert-OH is 1. The second kappa shape index (κ2) is 6.40. The van der Waals surface area contributed by atoms with E-state index in [1.165, 1.54) is 0 Å². The van der Waals surface area contributed by atoms with Gasteiger partial charge >= 0.3 is 0 Å². The summed E-state index contributed by atoms with van der Waals surface area (Å²) in [5.74, 6) is 0.727. The third kappa shape index (κ3) is 3.88. The fourth-order valence-corrected chi connectivity index (χ4v) is 1.43. The first-order valence-corrected chi connectivity index (χ1v) is 5.53. The van der Waals surface area contributed by atoms with Crippen molar-refractivity contribution in [3.05, 3.63) is 24.0 Å². The first-order valence-electron chi connectivity index (χ1n) is 5.53. The number of nitrogens with zero attached hydrogens (tertiary/aromatic N) is 1. The second-order valence-electron chi connectivity index (χ2n) is 3.55. The number of rotatable bonds is 6. The van der Waals surface area contributed by atoms with E-state index in [2.05, 4.69) is 11.9 Å². The molecule has 15 heavy (non-hydrogen) atoms. The molecule has 0 aliphatic carbocycles. The largest absolute Gasteiger partial charge is 0.492 e. The molecule has 0 aliphatic rings. The Balaban J connectivity index is 2.62. The van der Waals surface area contributed by atoms with Crippen LogP contribution < -0.4 is 4.74 Å². The molecule has 3 nitrogen and oxygen atoms in total. The van der Waals surface area contributed by atoms with Gasteiger partial charge in [-0.2, -0.15) is 0 Å². The predicted molar refractivity (Wildman–Crippen MR) is 59.9 cm³/mol. The fourth-order valence-electron chi connectivity index (χ4n) is 1.43. The first kappa shape index (κ1) is 12.0. The van der Waals surface area contributed by atoms with E-state index >= 15 is 0 Å². The zero-order valence-electron chi connectivity index (χ0n) is 9.44. The van der Waals surface area contributed by atoms with Crippen molar-refractivity contribution in [2.45, 2.75) is 39.2 Å². The van der Waals surface area contributed by atoms with Gasteiger partial charge in [-0.05, 0) is 19.4 Å². The number of unbranched alkanes of at least 4 members (excludes halogenated alkanes) is 1. The lowest BCUT2D eigenvalue weighted by Crippen LogP contribution is -2.00. The Morgan fingerprint density at radius 2 is 2.20 bits per heavy atom. The van der Waals surface area contributed by atoms with Crippen molar-refractivity contribution in [2.24, 2.45) is 0 Å². The van der Waals surface area contributed by atoms with Gasteiger partial charge in [0.15, 0.2) is 0 Å². The zero-order valence-corrected chi connectivity index (χ0v) is 9.44. The van der Waals surface area contributed by atoms with Crippen molar-refractivity contribution in [1.82, 2.24) is 4.98 Å². The summed E-state index contributed by atoms with van der Waals surface area (Å²) in [5, 5.41) is 9.85. The number of pyridine rings is 1. The van der Waals surface area contributed by atoms with Crippen LogP contribution in [0.3, 0.4) is 0 Å². The van der Waals surface area contributed by atoms with Crippen molar-refractivity contribution in [3.8, 4) is 5.75 Å². The maximum absolute atomic E-state index is 9.85. The Morgan fingerprint density at radius 3 is 2.87 bits per heavy atom. The molecule has 0 aliphatic heterocycles. The molecule has 84 valence electrons. The summed E-state index contributed by atoms with van der Waals surface area (Å²) in [6.07, 6.45) is 5.85. The van der Waals surface area contributed by atoms with Gasteiger partial charge in [0, 0.05) is 11.8 Å². The van der Waals surface area contributed by atoms with Crippen LogP contribution >= 0.6 is 0 Å². The van der Waals surface area contributed by atoms with Crippen LogP contribution in [0.2, 0.25) is 0 Å². The Bertz CT molecular complexity index is 289. The Morgan fingerprint density at radius 1 is 1.40 bits per heavy atom. The van der Waals surface area contributed by atoms with E-state index in [1.807, 2.05) is 13.0 Å². The van der Waals surface area contributed by atoms with Crippen molar-refractivity contribution < 1.29 is 9.84 Å². The van der Waals surface area contributed by atoms with Gasteiger partial charge in [-0.15, -0.1) is 0 Å². The number of hydrogen-bond acceptors (Lipinski definition) is 3. The van der Waals surface area contributed by atoms with Crippen LogP contribution in [0.1, 0.15) is 44.8 Å². The minimum Gasteiger partial charge on any atom is -0.492 e. The number of ether oxygens (including phenoxy) is 1. The molecular formula is C12H19NO2. The second-order valence-corrected chi connectivity index (χ2v) is 3.55. The van der Waals surface area contributed by atoms with Gasteiger partial charge < -0.3 is 9.84 Å². The third-order valence-electron chi connectivity index (χ3n) is 2.26. The summed E-state index contributed by atoms with van der Waals surface area (Å²) >= 11 is 0. The van der Waals surface area contributed by atoms with Gasteiger partial charge in [-0.3, -0.25) is 4.98 Å². The molecular weight excluding hydrogens is 190 g/mol. The monoisotopic (exact) mass is 209 g/mol. The smallest absolute Gasteiger partial charge is 0.137 e. The van der Waals surface area contributed by atoms with Gasteiger partial charge in [0.25, 0.3) is 0 Å². The fraction of sp³-hybridized carbons (Fsp3) is 0.583. The molecule has 1 aromatic heterocycles. The lowest BCUT2D eigenvalue weighted by Gasteiger charge is -2.11. The molecule has 3 heteroatoms. The predicted octanol–water partition coefficient (Wildman–Crippen LogP) is 2.70. The van der Waals surface area contributed by atoms with E-state index in [-0.39, 0.29) is 0 Å². The minimum absolute atomic E-state index is 0.419. The molecule has 0 saturated heterocycles. The minimum atomic E-state index is -0.419. The van der Waals surface area contributed by atoms with Gasteiger partial charge in [0.2, 0.25) is 0 Å². The zero-order chi connectivity index (χ0) is 11.1. The Kier molecular flexibility index (Phi) is 5.12. The van der Waals surface area contributed by atoms with Crippen LogP contribution in [0, 0.1) is 0 Å². The van der Waals surface area contributed by atoms with E-state index in [4.69, 9.17) is 4.74 Å². The highest BCUT2D eigenvalue weighted by molar-refractivity contribution is 5.25. The van der Waals surface area contributed by atoms with Gasteiger partial charge in [0.05, 0.1) is 18.9 Å². The molecule has 1 atom stereocenters. The topological polar surface area (TPSA) is 42.4 Å². The van der Waals surface area contributed by atoms with Gasteiger partial charge in [-0.1, -0.05) is 19.8 Å². The van der Waals surface area contributed by atoms with E-state index in [1.54, 1.807) is 12.4 Å². The summed E-state index contributed by atoms with van der Waals surface area (Å²) in [7, 11) is 0. The average molecular weight is 209 g/mol. The molecule has 1 heterocycles. The van der Waals surface area contributed by atoms with Crippen LogP contribution in [0.4, 0.5) is 0 Å².